The molecule has 1 aromatic rings. The summed E-state index contributed by atoms with van der Waals surface area (Å²) in [7, 11) is 0. The molecule has 1 aromatic carbocycles. The Morgan fingerprint density at radius 3 is 2.32 bits per heavy atom. The second-order valence-corrected chi connectivity index (χ2v) is 4.67. The van der Waals surface area contributed by atoms with Gasteiger partial charge in [0.2, 0.25) is 0 Å². The molecule has 0 aliphatic heterocycles. The zero-order valence-electron chi connectivity index (χ0n) is 10.5. The Morgan fingerprint density at radius 2 is 1.74 bits per heavy atom. The molecular weight excluding hydrogens is 248 g/mol. The molecule has 0 radical (unpaired) electrons. The van der Waals surface area contributed by atoms with Gasteiger partial charge in [0, 0.05) is 0 Å². The maximum absolute atomic E-state index is 11.2. The summed E-state index contributed by atoms with van der Waals surface area (Å²) in [5, 5.41) is 18.2. The number of carbonyl (C=O) groups is 2. The third-order valence-electron chi connectivity index (χ3n) is 3.32. The zero-order valence-corrected chi connectivity index (χ0v) is 10.5. The van der Waals surface area contributed by atoms with E-state index in [0.717, 1.165) is 25.7 Å². The Kier molecular flexibility index (Phi) is 4.04. The Hall–Kier alpha value is -2.04. The number of hydrogen-bond acceptors (Lipinski definition) is 3. The lowest BCUT2D eigenvalue weighted by atomic mass is 9.97. The lowest BCUT2D eigenvalue weighted by molar-refractivity contribution is 0.0642. The molecule has 0 aromatic heterocycles. The van der Waals surface area contributed by atoms with Gasteiger partial charge in [0.1, 0.15) is 11.3 Å². The number of carboxylic acids is 2. The molecular formula is C14H16O5. The molecule has 19 heavy (non-hydrogen) atoms. The van der Waals surface area contributed by atoms with Gasteiger partial charge >= 0.3 is 11.9 Å². The molecule has 1 fully saturated rings. The molecule has 2 rings (SSSR count). The van der Waals surface area contributed by atoms with Crippen molar-refractivity contribution in [1.82, 2.24) is 0 Å². The number of benzene rings is 1. The van der Waals surface area contributed by atoms with Gasteiger partial charge in [-0.3, -0.25) is 0 Å². The average Bonchev–Trinajstić information content (AvgIpc) is 2.39. The first-order valence-corrected chi connectivity index (χ1v) is 6.36. The number of hydrogen-bond donors (Lipinski definition) is 2. The van der Waals surface area contributed by atoms with E-state index in [9.17, 15) is 14.7 Å². The summed E-state index contributed by atoms with van der Waals surface area (Å²) in [5.41, 5.74) is -0.499. The van der Waals surface area contributed by atoms with Gasteiger partial charge in [0.25, 0.3) is 0 Å². The van der Waals surface area contributed by atoms with Gasteiger partial charge in [-0.15, -0.1) is 0 Å². The van der Waals surface area contributed by atoms with Crippen LogP contribution in [0.15, 0.2) is 18.2 Å². The molecule has 0 amide bonds. The molecule has 102 valence electrons. The average molecular weight is 264 g/mol. The van der Waals surface area contributed by atoms with Crippen molar-refractivity contribution in [2.75, 3.05) is 0 Å². The Balaban J connectivity index is 2.30. The first kappa shape index (κ1) is 13.4. The predicted octanol–water partition coefficient (Wildman–Crippen LogP) is 2.79. The van der Waals surface area contributed by atoms with Gasteiger partial charge in [0.05, 0.1) is 11.7 Å². The third kappa shape index (κ3) is 3.05. The van der Waals surface area contributed by atoms with Crippen molar-refractivity contribution >= 4 is 11.9 Å². The van der Waals surface area contributed by atoms with Gasteiger partial charge in [-0.05, 0) is 37.8 Å². The van der Waals surface area contributed by atoms with Gasteiger partial charge < -0.3 is 14.9 Å². The number of ether oxygens (including phenoxy) is 1. The van der Waals surface area contributed by atoms with Crippen LogP contribution in [0.2, 0.25) is 0 Å². The fourth-order valence-corrected chi connectivity index (χ4v) is 2.39. The van der Waals surface area contributed by atoms with E-state index in [1.807, 2.05) is 0 Å². The van der Waals surface area contributed by atoms with E-state index in [4.69, 9.17) is 9.84 Å². The van der Waals surface area contributed by atoms with Crippen LogP contribution < -0.4 is 4.74 Å². The van der Waals surface area contributed by atoms with E-state index in [2.05, 4.69) is 0 Å². The summed E-state index contributed by atoms with van der Waals surface area (Å²) in [6, 6.07) is 4.30. The highest BCUT2D eigenvalue weighted by Gasteiger charge is 2.23. The minimum Gasteiger partial charge on any atom is -0.490 e. The Bertz CT molecular complexity index is 489. The summed E-state index contributed by atoms with van der Waals surface area (Å²) < 4.78 is 5.69. The lowest BCUT2D eigenvalue weighted by Gasteiger charge is -2.24. The first-order chi connectivity index (χ1) is 9.09. The molecule has 1 aliphatic rings. The van der Waals surface area contributed by atoms with Gasteiger partial charge in [-0.2, -0.15) is 0 Å². The van der Waals surface area contributed by atoms with Crippen LogP contribution in [0.3, 0.4) is 0 Å². The van der Waals surface area contributed by atoms with E-state index >= 15 is 0 Å². The van der Waals surface area contributed by atoms with Crippen molar-refractivity contribution in [2.24, 2.45) is 0 Å². The molecule has 0 atom stereocenters. The molecule has 1 aliphatic carbocycles. The van der Waals surface area contributed by atoms with Crippen LogP contribution in [-0.2, 0) is 0 Å². The summed E-state index contributed by atoms with van der Waals surface area (Å²) >= 11 is 0. The van der Waals surface area contributed by atoms with Crippen molar-refractivity contribution in [3.8, 4) is 5.75 Å². The number of carboxylic acid groups (broad SMARTS) is 2. The van der Waals surface area contributed by atoms with Gasteiger partial charge in [-0.25, -0.2) is 9.59 Å². The fraction of sp³-hybridized carbons (Fsp3) is 0.429. The van der Waals surface area contributed by atoms with Crippen molar-refractivity contribution in [2.45, 2.75) is 38.2 Å². The van der Waals surface area contributed by atoms with Crippen LogP contribution in [0.4, 0.5) is 0 Å². The highest BCUT2D eigenvalue weighted by atomic mass is 16.5. The van der Waals surface area contributed by atoms with Crippen LogP contribution in [0.25, 0.3) is 0 Å². The first-order valence-electron chi connectivity index (χ1n) is 6.36. The van der Waals surface area contributed by atoms with E-state index in [1.54, 1.807) is 0 Å². The Morgan fingerprint density at radius 1 is 1.05 bits per heavy atom. The van der Waals surface area contributed by atoms with Crippen LogP contribution in [0, 0.1) is 0 Å². The van der Waals surface area contributed by atoms with E-state index in [-0.39, 0.29) is 23.0 Å². The van der Waals surface area contributed by atoms with Crippen molar-refractivity contribution in [3.05, 3.63) is 29.3 Å². The minimum absolute atomic E-state index is 0.0177. The molecule has 2 N–H and O–H groups in total. The highest BCUT2D eigenvalue weighted by molar-refractivity contribution is 6.03. The molecule has 0 bridgehead atoms. The van der Waals surface area contributed by atoms with Crippen LogP contribution in [-0.4, -0.2) is 28.3 Å². The zero-order chi connectivity index (χ0) is 13.8. The predicted molar refractivity (Wildman–Crippen MR) is 67.9 cm³/mol. The summed E-state index contributed by atoms with van der Waals surface area (Å²) in [5.74, 6) is -2.38. The number of aromatic carboxylic acids is 2. The smallest absolute Gasteiger partial charge is 0.340 e. The summed E-state index contributed by atoms with van der Waals surface area (Å²) in [6.45, 7) is 0. The van der Waals surface area contributed by atoms with Crippen LogP contribution in [0.1, 0.15) is 52.8 Å². The molecule has 0 unspecified atom stereocenters. The minimum atomic E-state index is -1.27. The summed E-state index contributed by atoms with van der Waals surface area (Å²) in [4.78, 5) is 22.3. The number of rotatable bonds is 4. The monoisotopic (exact) mass is 264 g/mol. The normalized spacial score (nSPS) is 16.0. The van der Waals surface area contributed by atoms with Gasteiger partial charge in [0.15, 0.2) is 0 Å². The second kappa shape index (κ2) is 5.73. The van der Waals surface area contributed by atoms with E-state index in [1.165, 1.54) is 24.6 Å². The van der Waals surface area contributed by atoms with Gasteiger partial charge in [-0.1, -0.05) is 12.5 Å². The van der Waals surface area contributed by atoms with Crippen molar-refractivity contribution < 1.29 is 24.5 Å². The molecule has 1 saturated carbocycles. The highest BCUT2D eigenvalue weighted by Crippen LogP contribution is 2.28. The topological polar surface area (TPSA) is 83.8 Å². The molecule has 5 heteroatoms. The maximum atomic E-state index is 11.2. The molecule has 0 heterocycles. The summed E-state index contributed by atoms with van der Waals surface area (Å²) in [6.07, 6.45) is 5.04. The van der Waals surface area contributed by atoms with Crippen LogP contribution >= 0.6 is 0 Å². The lowest BCUT2D eigenvalue weighted by Crippen LogP contribution is -2.21. The largest absolute Gasteiger partial charge is 0.490 e. The van der Waals surface area contributed by atoms with Crippen molar-refractivity contribution in [3.63, 3.8) is 0 Å². The SMILES string of the molecule is O=C(O)c1cccc(OC2CCCCC2)c1C(=O)O. The standard InChI is InChI=1S/C14H16O5/c15-13(16)10-7-4-8-11(12(10)14(17)18)19-9-5-2-1-3-6-9/h4,7-9H,1-3,5-6H2,(H,15,16)(H,17,18). The molecule has 0 saturated heterocycles. The second-order valence-electron chi connectivity index (χ2n) is 4.67. The maximum Gasteiger partial charge on any atom is 0.340 e. The molecule has 0 spiro atoms. The van der Waals surface area contributed by atoms with E-state index < -0.39 is 11.9 Å². The van der Waals surface area contributed by atoms with E-state index in [0.29, 0.717) is 0 Å². The van der Waals surface area contributed by atoms with Crippen molar-refractivity contribution in [1.29, 1.82) is 0 Å². The fourth-order valence-electron chi connectivity index (χ4n) is 2.39. The Labute approximate surface area is 110 Å². The molecule has 5 nitrogen and oxygen atoms in total. The quantitative estimate of drug-likeness (QED) is 0.873. The van der Waals surface area contributed by atoms with Crippen LogP contribution in [0.5, 0.6) is 5.75 Å². The third-order valence-corrected chi connectivity index (χ3v) is 3.32.